The van der Waals surface area contributed by atoms with Crippen molar-refractivity contribution < 1.29 is 13.2 Å². The van der Waals surface area contributed by atoms with Gasteiger partial charge < -0.3 is 0 Å². The number of sulfonamides is 1. The van der Waals surface area contributed by atoms with Gasteiger partial charge in [-0.05, 0) is 65.1 Å². The number of anilines is 1. The molecule has 4 nitrogen and oxygen atoms in total. The summed E-state index contributed by atoms with van der Waals surface area (Å²) in [5.74, 6) is 0.436. The molecule has 0 saturated carbocycles. The van der Waals surface area contributed by atoms with Crippen molar-refractivity contribution in [3.63, 3.8) is 0 Å². The maximum atomic E-state index is 13.5. The zero-order chi connectivity index (χ0) is 22.6. The van der Waals surface area contributed by atoms with E-state index in [1.807, 2.05) is 39.8 Å². The fraction of sp³-hybridized carbons (Fsp3) is 0.400. The first-order valence-electron chi connectivity index (χ1n) is 10.4. The predicted molar refractivity (Wildman–Crippen MR) is 126 cm³/mol. The van der Waals surface area contributed by atoms with Crippen LogP contribution in [0.25, 0.3) is 6.08 Å². The van der Waals surface area contributed by atoms with Crippen molar-refractivity contribution in [2.24, 2.45) is 0 Å². The van der Waals surface area contributed by atoms with Gasteiger partial charge in [0.15, 0.2) is 5.78 Å². The minimum atomic E-state index is -3.77. The van der Waals surface area contributed by atoms with E-state index in [-0.39, 0.29) is 17.6 Å². The van der Waals surface area contributed by atoms with Gasteiger partial charge in [0.2, 0.25) is 0 Å². The summed E-state index contributed by atoms with van der Waals surface area (Å²) in [5.41, 5.74) is 4.17. The molecule has 0 fully saturated rings. The van der Waals surface area contributed by atoms with Crippen LogP contribution in [0.5, 0.6) is 0 Å². The van der Waals surface area contributed by atoms with E-state index in [2.05, 4.69) is 18.6 Å². The maximum Gasteiger partial charge on any atom is 0.262 e. The van der Waals surface area contributed by atoms with Crippen LogP contribution < -0.4 is 4.72 Å². The number of carbonyl (C=O) groups is 1. The van der Waals surface area contributed by atoms with Crippen molar-refractivity contribution in [3.8, 4) is 0 Å². The highest BCUT2D eigenvalue weighted by molar-refractivity contribution is 7.92. The van der Waals surface area contributed by atoms with Gasteiger partial charge in [-0.25, -0.2) is 8.42 Å². The van der Waals surface area contributed by atoms with Gasteiger partial charge >= 0.3 is 0 Å². The van der Waals surface area contributed by atoms with Crippen molar-refractivity contribution in [2.45, 2.75) is 71.1 Å². The summed E-state index contributed by atoms with van der Waals surface area (Å²) in [6, 6.07) is 11.1. The molecule has 0 aliphatic carbocycles. The largest absolute Gasteiger partial charge is 0.295 e. The Hall–Kier alpha value is -2.40. The number of nitrogens with one attached hydrogen (secondary N) is 1. The van der Waals surface area contributed by atoms with E-state index < -0.39 is 10.0 Å². The van der Waals surface area contributed by atoms with Crippen molar-refractivity contribution in [1.82, 2.24) is 0 Å². The lowest BCUT2D eigenvalue weighted by atomic mass is 9.89. The van der Waals surface area contributed by atoms with Gasteiger partial charge in [-0.1, -0.05) is 71.9 Å². The monoisotopic (exact) mass is 427 g/mol. The Labute approximate surface area is 181 Å². The smallest absolute Gasteiger partial charge is 0.262 e. The second-order valence-electron chi connectivity index (χ2n) is 8.66. The first kappa shape index (κ1) is 23.9. The minimum absolute atomic E-state index is 0.0351. The summed E-state index contributed by atoms with van der Waals surface area (Å²) in [6.07, 6.45) is 3.19. The summed E-state index contributed by atoms with van der Waals surface area (Å²) in [5, 5.41) is 0. The molecule has 0 aliphatic rings. The number of hydrogen-bond acceptors (Lipinski definition) is 3. The van der Waals surface area contributed by atoms with E-state index >= 15 is 0 Å². The number of hydrogen-bond donors (Lipinski definition) is 1. The van der Waals surface area contributed by atoms with Gasteiger partial charge in [0.05, 0.1) is 4.90 Å². The topological polar surface area (TPSA) is 63.2 Å². The molecule has 0 unspecified atom stereocenters. The first-order valence-corrected chi connectivity index (χ1v) is 11.9. The number of rotatable bonds is 8. The molecule has 0 spiro atoms. The van der Waals surface area contributed by atoms with Crippen molar-refractivity contribution in [2.75, 3.05) is 4.72 Å². The molecule has 0 radical (unpaired) electrons. The normalized spacial score (nSPS) is 12.3. The van der Waals surface area contributed by atoms with Crippen molar-refractivity contribution in [3.05, 3.63) is 64.7 Å². The molecule has 0 atom stereocenters. The summed E-state index contributed by atoms with van der Waals surface area (Å²) < 4.78 is 29.7. The quantitative estimate of drug-likeness (QED) is 0.492. The Balaban J connectivity index is 2.52. The summed E-state index contributed by atoms with van der Waals surface area (Å²) in [4.78, 5) is 11.5. The van der Waals surface area contributed by atoms with E-state index in [1.165, 1.54) is 13.0 Å². The van der Waals surface area contributed by atoms with E-state index in [4.69, 9.17) is 0 Å². The van der Waals surface area contributed by atoms with Crippen LogP contribution in [0.4, 0.5) is 5.69 Å². The summed E-state index contributed by atoms with van der Waals surface area (Å²) in [6.45, 7) is 13.8. The van der Waals surface area contributed by atoms with Crippen LogP contribution in [0.15, 0.2) is 47.4 Å². The second-order valence-corrected chi connectivity index (χ2v) is 10.3. The maximum absolute atomic E-state index is 13.5. The predicted octanol–water partition coefficient (Wildman–Crippen LogP) is 6.46. The average Bonchev–Trinajstić information content (AvgIpc) is 2.65. The van der Waals surface area contributed by atoms with Crippen molar-refractivity contribution in [1.29, 1.82) is 0 Å². The van der Waals surface area contributed by atoms with Gasteiger partial charge in [-0.3, -0.25) is 9.52 Å². The van der Waals surface area contributed by atoms with Crippen LogP contribution >= 0.6 is 0 Å². The Morgan fingerprint density at radius 3 is 1.77 bits per heavy atom. The molecule has 5 heteroatoms. The van der Waals surface area contributed by atoms with E-state index in [0.717, 1.165) is 22.3 Å². The van der Waals surface area contributed by atoms with Crippen LogP contribution in [0.3, 0.4) is 0 Å². The zero-order valence-electron chi connectivity index (χ0n) is 19.0. The molecule has 2 rings (SSSR count). The van der Waals surface area contributed by atoms with Crippen LogP contribution in [0, 0.1) is 0 Å². The van der Waals surface area contributed by atoms with Crippen LogP contribution in [-0.2, 0) is 14.8 Å². The standard InChI is InChI=1S/C25H33NO3S/c1-16(2)21-14-23(17(3)4)25(24(15-21)18(5)6)30(28,29)26-22-12-10-20(11-13-22)9-8-19(7)27/h8-18,26H,1-7H3/b9-8+. The molecule has 0 aliphatic heterocycles. The van der Waals surface area contributed by atoms with Crippen molar-refractivity contribution >= 4 is 27.6 Å². The lowest BCUT2D eigenvalue weighted by Gasteiger charge is -2.23. The van der Waals surface area contributed by atoms with E-state index in [9.17, 15) is 13.2 Å². The minimum Gasteiger partial charge on any atom is -0.295 e. The third-order valence-electron chi connectivity index (χ3n) is 5.02. The fourth-order valence-electron chi connectivity index (χ4n) is 3.28. The number of carbonyl (C=O) groups excluding carboxylic acids is 1. The Bertz CT molecular complexity index is 1000. The van der Waals surface area contributed by atoms with Crippen LogP contribution in [0.2, 0.25) is 0 Å². The van der Waals surface area contributed by atoms with Gasteiger partial charge in [-0.15, -0.1) is 0 Å². The van der Waals surface area contributed by atoms with E-state index in [1.54, 1.807) is 30.3 Å². The molecular formula is C25H33NO3S. The third-order valence-corrected chi connectivity index (χ3v) is 6.53. The highest BCUT2D eigenvalue weighted by Gasteiger charge is 2.27. The Morgan fingerprint density at radius 2 is 1.37 bits per heavy atom. The average molecular weight is 428 g/mol. The lowest BCUT2D eigenvalue weighted by molar-refractivity contribution is -0.112. The highest BCUT2D eigenvalue weighted by atomic mass is 32.2. The molecule has 2 aromatic rings. The molecule has 0 saturated heterocycles. The van der Waals surface area contributed by atoms with E-state index in [0.29, 0.717) is 16.5 Å². The number of benzene rings is 2. The number of ketones is 1. The Morgan fingerprint density at radius 1 is 0.867 bits per heavy atom. The van der Waals surface area contributed by atoms with Crippen LogP contribution in [-0.4, -0.2) is 14.2 Å². The molecule has 1 N–H and O–H groups in total. The van der Waals surface area contributed by atoms with Gasteiger partial charge in [0.25, 0.3) is 10.0 Å². The molecule has 2 aromatic carbocycles. The number of allylic oxidation sites excluding steroid dienone is 1. The zero-order valence-corrected chi connectivity index (χ0v) is 19.8. The SMILES string of the molecule is CC(=O)/C=C/c1ccc(NS(=O)(=O)c2c(C(C)C)cc(C(C)C)cc2C(C)C)cc1. The summed E-state index contributed by atoms with van der Waals surface area (Å²) >= 11 is 0. The Kier molecular flexibility index (Phi) is 7.64. The van der Waals surface area contributed by atoms with Gasteiger partial charge in [-0.2, -0.15) is 0 Å². The molecule has 162 valence electrons. The lowest BCUT2D eigenvalue weighted by Crippen LogP contribution is -2.19. The molecule has 0 heterocycles. The van der Waals surface area contributed by atoms with Gasteiger partial charge in [0.1, 0.15) is 0 Å². The third kappa shape index (κ3) is 5.82. The molecule has 30 heavy (non-hydrogen) atoms. The fourth-order valence-corrected chi connectivity index (χ4v) is 5.04. The molecule has 0 bridgehead atoms. The molecule has 0 aromatic heterocycles. The molecular weight excluding hydrogens is 394 g/mol. The van der Waals surface area contributed by atoms with Crippen LogP contribution in [0.1, 0.15) is 88.5 Å². The molecule has 0 amide bonds. The highest BCUT2D eigenvalue weighted by Crippen LogP contribution is 2.36. The second kappa shape index (κ2) is 9.61. The summed E-state index contributed by atoms with van der Waals surface area (Å²) in [7, 11) is -3.77. The van der Waals surface area contributed by atoms with Gasteiger partial charge in [0, 0.05) is 5.69 Å². The first-order chi connectivity index (χ1) is 13.9.